The third kappa shape index (κ3) is 7.59. The highest BCUT2D eigenvalue weighted by molar-refractivity contribution is 7.13. The normalized spacial score (nSPS) is 11.3. The second kappa shape index (κ2) is 11.3. The molecule has 0 aliphatic carbocycles. The summed E-state index contributed by atoms with van der Waals surface area (Å²) in [5.41, 5.74) is 2.99. The van der Waals surface area contributed by atoms with Gasteiger partial charge in [0.25, 0.3) is 0 Å². The SMILES string of the molecule is COC(=O)COc1ccc(/C=N\NC(=O)Cc2csc(Nc3cccc(C(F)(F)F)c3)n2)cc1. The second-order valence-corrected chi connectivity index (χ2v) is 7.61. The average molecular weight is 492 g/mol. The third-order valence-electron chi connectivity index (χ3n) is 4.20. The topological polar surface area (TPSA) is 102 Å². The van der Waals surface area contributed by atoms with Gasteiger partial charge in [-0.05, 0) is 48.0 Å². The fraction of sp³-hybridized carbons (Fsp3) is 0.182. The van der Waals surface area contributed by atoms with Crippen LogP contribution in [0, 0.1) is 0 Å². The Bertz CT molecular complexity index is 1160. The molecule has 0 aliphatic rings. The highest BCUT2D eigenvalue weighted by atomic mass is 32.1. The number of halogens is 3. The number of ether oxygens (including phenoxy) is 2. The van der Waals surface area contributed by atoms with Crippen molar-refractivity contribution in [3.8, 4) is 5.75 Å². The summed E-state index contributed by atoms with van der Waals surface area (Å²) in [5.74, 6) is -0.429. The van der Waals surface area contributed by atoms with Crippen LogP contribution in [-0.4, -0.2) is 36.8 Å². The molecule has 3 aromatic rings. The molecular formula is C22H19F3N4O4S. The molecule has 0 bridgehead atoms. The van der Waals surface area contributed by atoms with Crippen LogP contribution < -0.4 is 15.5 Å². The standard InChI is InChI=1S/C22H19F3N4O4S/c1-32-20(31)12-33-18-7-5-14(6-8-18)11-26-29-19(30)10-17-13-34-21(28-17)27-16-4-2-3-15(9-16)22(23,24)25/h2-9,11,13H,10,12H2,1H3,(H,27,28)(H,29,30)/b26-11-. The maximum atomic E-state index is 12.8. The average Bonchev–Trinajstić information content (AvgIpc) is 3.24. The van der Waals surface area contributed by atoms with Gasteiger partial charge in [-0.25, -0.2) is 15.2 Å². The fourth-order valence-electron chi connectivity index (χ4n) is 2.58. The summed E-state index contributed by atoms with van der Waals surface area (Å²) < 4.78 is 48.2. The van der Waals surface area contributed by atoms with E-state index < -0.39 is 23.6 Å². The molecule has 3 rings (SSSR count). The lowest BCUT2D eigenvalue weighted by Gasteiger charge is -2.08. The van der Waals surface area contributed by atoms with E-state index in [2.05, 4.69) is 25.6 Å². The van der Waals surface area contributed by atoms with Crippen LogP contribution in [0.2, 0.25) is 0 Å². The summed E-state index contributed by atoms with van der Waals surface area (Å²) in [7, 11) is 1.27. The highest BCUT2D eigenvalue weighted by Crippen LogP contribution is 2.31. The monoisotopic (exact) mass is 492 g/mol. The Hall–Kier alpha value is -3.93. The van der Waals surface area contributed by atoms with Crippen molar-refractivity contribution in [2.24, 2.45) is 5.10 Å². The Morgan fingerprint density at radius 3 is 2.65 bits per heavy atom. The van der Waals surface area contributed by atoms with Gasteiger partial charge >= 0.3 is 12.1 Å². The van der Waals surface area contributed by atoms with Crippen LogP contribution in [0.5, 0.6) is 5.75 Å². The number of hydrogen-bond acceptors (Lipinski definition) is 8. The number of anilines is 2. The number of carbonyl (C=O) groups is 2. The lowest BCUT2D eigenvalue weighted by atomic mass is 10.2. The molecule has 0 atom stereocenters. The van der Waals surface area contributed by atoms with E-state index in [4.69, 9.17) is 4.74 Å². The minimum absolute atomic E-state index is 0.0571. The van der Waals surface area contributed by atoms with Crippen LogP contribution in [-0.2, 0) is 26.9 Å². The zero-order chi connectivity index (χ0) is 24.6. The van der Waals surface area contributed by atoms with Crippen molar-refractivity contribution in [1.29, 1.82) is 0 Å². The Morgan fingerprint density at radius 2 is 1.94 bits per heavy atom. The van der Waals surface area contributed by atoms with Crippen molar-refractivity contribution in [2.45, 2.75) is 12.6 Å². The summed E-state index contributed by atoms with van der Waals surface area (Å²) in [6, 6.07) is 11.4. The molecule has 0 spiro atoms. The largest absolute Gasteiger partial charge is 0.482 e. The molecule has 1 aromatic heterocycles. The second-order valence-electron chi connectivity index (χ2n) is 6.75. The van der Waals surface area contributed by atoms with Crippen LogP contribution in [0.1, 0.15) is 16.8 Å². The van der Waals surface area contributed by atoms with Gasteiger partial charge in [-0.1, -0.05) is 6.07 Å². The maximum Gasteiger partial charge on any atom is 0.416 e. The van der Waals surface area contributed by atoms with E-state index in [0.29, 0.717) is 22.1 Å². The molecule has 0 fully saturated rings. The van der Waals surface area contributed by atoms with E-state index >= 15 is 0 Å². The molecule has 34 heavy (non-hydrogen) atoms. The number of aromatic nitrogens is 1. The Labute approximate surface area is 196 Å². The number of methoxy groups -OCH3 is 1. The molecule has 8 nitrogen and oxygen atoms in total. The summed E-state index contributed by atoms with van der Waals surface area (Å²) in [5, 5.41) is 8.68. The van der Waals surface area contributed by atoms with E-state index in [-0.39, 0.29) is 18.7 Å². The molecule has 0 saturated carbocycles. The number of rotatable bonds is 9. The van der Waals surface area contributed by atoms with Crippen molar-refractivity contribution in [2.75, 3.05) is 19.0 Å². The molecular weight excluding hydrogens is 473 g/mol. The zero-order valence-electron chi connectivity index (χ0n) is 17.8. The van der Waals surface area contributed by atoms with Crippen molar-refractivity contribution in [1.82, 2.24) is 10.4 Å². The Balaban J connectivity index is 1.48. The molecule has 2 N–H and O–H groups in total. The van der Waals surface area contributed by atoms with E-state index in [1.54, 1.807) is 29.6 Å². The molecule has 0 saturated heterocycles. The lowest BCUT2D eigenvalue weighted by molar-refractivity contribution is -0.143. The number of thiazole rings is 1. The molecule has 0 unspecified atom stereocenters. The molecule has 1 amide bonds. The third-order valence-corrected chi connectivity index (χ3v) is 5.01. The first kappa shape index (κ1) is 24.7. The minimum Gasteiger partial charge on any atom is -0.482 e. The van der Waals surface area contributed by atoms with Crippen LogP contribution in [0.3, 0.4) is 0 Å². The molecule has 1 heterocycles. The van der Waals surface area contributed by atoms with Crippen LogP contribution in [0.4, 0.5) is 24.0 Å². The summed E-state index contributed by atoms with van der Waals surface area (Å²) in [4.78, 5) is 27.4. The Kier molecular flexibility index (Phi) is 8.19. The van der Waals surface area contributed by atoms with Gasteiger partial charge < -0.3 is 14.8 Å². The van der Waals surface area contributed by atoms with E-state index in [1.165, 1.54) is 36.8 Å². The van der Waals surface area contributed by atoms with E-state index in [0.717, 1.165) is 12.1 Å². The van der Waals surface area contributed by atoms with Gasteiger partial charge in [0.15, 0.2) is 11.7 Å². The van der Waals surface area contributed by atoms with Crippen molar-refractivity contribution in [3.05, 3.63) is 70.7 Å². The van der Waals surface area contributed by atoms with Gasteiger partial charge in [0, 0.05) is 11.1 Å². The van der Waals surface area contributed by atoms with Gasteiger partial charge in [-0.2, -0.15) is 18.3 Å². The lowest BCUT2D eigenvalue weighted by Crippen LogP contribution is -2.19. The molecule has 0 aliphatic heterocycles. The zero-order valence-corrected chi connectivity index (χ0v) is 18.6. The molecule has 178 valence electrons. The van der Waals surface area contributed by atoms with E-state index in [1.807, 2.05) is 0 Å². The van der Waals surface area contributed by atoms with Gasteiger partial charge in [0.05, 0.1) is 31.0 Å². The van der Waals surface area contributed by atoms with Crippen LogP contribution in [0.15, 0.2) is 59.0 Å². The highest BCUT2D eigenvalue weighted by Gasteiger charge is 2.30. The van der Waals surface area contributed by atoms with Gasteiger partial charge in [-0.15, -0.1) is 11.3 Å². The summed E-state index contributed by atoms with van der Waals surface area (Å²) >= 11 is 1.17. The number of benzene rings is 2. The number of alkyl halides is 3. The molecule has 2 aromatic carbocycles. The predicted molar refractivity (Wildman–Crippen MR) is 120 cm³/mol. The maximum absolute atomic E-state index is 12.8. The quantitative estimate of drug-likeness (QED) is 0.264. The number of esters is 1. The summed E-state index contributed by atoms with van der Waals surface area (Å²) in [6.07, 6.45) is -3.06. The van der Waals surface area contributed by atoms with Gasteiger partial charge in [0.2, 0.25) is 5.91 Å². The number of nitrogens with zero attached hydrogens (tertiary/aromatic N) is 2. The number of amides is 1. The van der Waals surface area contributed by atoms with Crippen molar-refractivity contribution >= 4 is 40.2 Å². The first-order valence-corrected chi connectivity index (χ1v) is 10.6. The number of hydrazone groups is 1. The van der Waals surface area contributed by atoms with Crippen molar-refractivity contribution < 1.29 is 32.2 Å². The fourth-order valence-corrected chi connectivity index (χ4v) is 3.31. The van der Waals surface area contributed by atoms with Crippen molar-refractivity contribution in [3.63, 3.8) is 0 Å². The smallest absolute Gasteiger partial charge is 0.416 e. The summed E-state index contributed by atoms with van der Waals surface area (Å²) in [6.45, 7) is -0.201. The van der Waals surface area contributed by atoms with Gasteiger partial charge in [0.1, 0.15) is 5.75 Å². The number of hydrogen-bond donors (Lipinski definition) is 2. The molecule has 12 heteroatoms. The van der Waals surface area contributed by atoms with Crippen LogP contribution >= 0.6 is 11.3 Å². The van der Waals surface area contributed by atoms with E-state index in [9.17, 15) is 22.8 Å². The van der Waals surface area contributed by atoms with Gasteiger partial charge in [-0.3, -0.25) is 4.79 Å². The first-order valence-electron chi connectivity index (χ1n) is 9.73. The number of carbonyl (C=O) groups excluding carboxylic acids is 2. The molecule has 0 radical (unpaired) electrons. The first-order chi connectivity index (χ1) is 16.2. The number of nitrogens with one attached hydrogen (secondary N) is 2. The van der Waals surface area contributed by atoms with Crippen LogP contribution in [0.25, 0.3) is 0 Å². The Morgan fingerprint density at radius 1 is 1.18 bits per heavy atom. The minimum atomic E-state index is -4.44. The predicted octanol–water partition coefficient (Wildman–Crippen LogP) is 4.15.